The van der Waals surface area contributed by atoms with Gasteiger partial charge in [0.1, 0.15) is 10.6 Å². The van der Waals surface area contributed by atoms with Crippen LogP contribution in [0.15, 0.2) is 65.5 Å². The minimum Gasteiger partial charge on any atom is -0.321 e. The first-order valence-corrected chi connectivity index (χ1v) is 11.1. The maximum atomic E-state index is 13.2. The molecule has 0 saturated heterocycles. The summed E-state index contributed by atoms with van der Waals surface area (Å²) < 4.78 is 1.18. The number of carbonyl (C=O) groups is 2. The Kier molecular flexibility index (Phi) is 6.34. The number of carbonyl (C=O) groups excluding carboxylic acids is 2. The molecule has 0 radical (unpaired) electrons. The third-order valence-corrected chi connectivity index (χ3v) is 5.89. The van der Waals surface area contributed by atoms with Gasteiger partial charge in [0, 0.05) is 28.2 Å². The topological polar surface area (TPSA) is 92.6 Å². The molecular formula is C23H19ClN4O3S. The van der Waals surface area contributed by atoms with E-state index in [9.17, 15) is 14.4 Å². The van der Waals surface area contributed by atoms with Gasteiger partial charge in [-0.25, -0.2) is 9.38 Å². The Morgan fingerprint density at radius 3 is 2.44 bits per heavy atom. The number of hydrogen-bond donors (Lipinski definition) is 2. The molecule has 0 spiro atoms. The molecule has 2 heterocycles. The summed E-state index contributed by atoms with van der Waals surface area (Å²) in [6, 6.07) is 16.9. The molecule has 7 nitrogen and oxygen atoms in total. The number of aryl methyl sites for hydroxylation is 1. The maximum absolute atomic E-state index is 13.2. The maximum Gasteiger partial charge on any atom is 0.274 e. The van der Waals surface area contributed by atoms with Gasteiger partial charge in [-0.1, -0.05) is 60.5 Å². The van der Waals surface area contributed by atoms with Gasteiger partial charge in [-0.2, -0.15) is 0 Å². The fraction of sp³-hybridized carbons (Fsp3) is 0.130. The highest BCUT2D eigenvalue weighted by molar-refractivity contribution is 7.19. The Bertz CT molecular complexity index is 1360. The standard InChI is InChI=1S/C23H19ClN4O3S/c1-2-7-16-13-18(29)28-19(21(30)26-17-11-6-8-14(24)12-17)20(32-23(28)27-16)22(31)25-15-9-4-3-5-10-15/h3-6,8-13H,2,7H2,1H3,(H,25,31)(H,26,30). The molecule has 0 aliphatic rings. The van der Waals surface area contributed by atoms with Crippen LogP contribution in [0.25, 0.3) is 4.96 Å². The van der Waals surface area contributed by atoms with Gasteiger partial charge in [-0.3, -0.25) is 14.4 Å². The largest absolute Gasteiger partial charge is 0.321 e. The molecule has 162 valence electrons. The van der Waals surface area contributed by atoms with Crippen LogP contribution in [0.1, 0.15) is 39.2 Å². The summed E-state index contributed by atoms with van der Waals surface area (Å²) in [5, 5.41) is 5.94. The van der Waals surface area contributed by atoms with Gasteiger partial charge in [0.2, 0.25) is 0 Å². The number of hydrogen-bond acceptors (Lipinski definition) is 5. The predicted octanol–water partition coefficient (Wildman–Crippen LogP) is 4.87. The summed E-state index contributed by atoms with van der Waals surface area (Å²) in [4.78, 5) is 44.1. The van der Waals surface area contributed by atoms with E-state index in [0.717, 1.165) is 17.8 Å². The van der Waals surface area contributed by atoms with Gasteiger partial charge in [0.15, 0.2) is 4.96 Å². The number of rotatable bonds is 6. The van der Waals surface area contributed by atoms with Crippen molar-refractivity contribution in [1.82, 2.24) is 9.38 Å². The van der Waals surface area contributed by atoms with Gasteiger partial charge in [-0.15, -0.1) is 0 Å². The van der Waals surface area contributed by atoms with E-state index in [1.165, 1.54) is 10.5 Å². The molecule has 2 N–H and O–H groups in total. The van der Waals surface area contributed by atoms with E-state index in [-0.39, 0.29) is 15.5 Å². The van der Waals surface area contributed by atoms with Crippen LogP contribution in [0.4, 0.5) is 11.4 Å². The van der Waals surface area contributed by atoms with Crippen LogP contribution < -0.4 is 16.2 Å². The summed E-state index contributed by atoms with van der Waals surface area (Å²) >= 11 is 7.01. The Hall–Kier alpha value is -3.49. The highest BCUT2D eigenvalue weighted by Gasteiger charge is 2.26. The lowest BCUT2D eigenvalue weighted by atomic mass is 10.2. The van der Waals surface area contributed by atoms with Crippen molar-refractivity contribution in [2.75, 3.05) is 10.6 Å². The highest BCUT2D eigenvalue weighted by Crippen LogP contribution is 2.25. The van der Waals surface area contributed by atoms with Crippen molar-refractivity contribution >= 4 is 51.1 Å². The Labute approximate surface area is 192 Å². The van der Waals surface area contributed by atoms with Crippen LogP contribution >= 0.6 is 22.9 Å². The number of nitrogens with one attached hydrogen (secondary N) is 2. The Morgan fingerprint density at radius 1 is 1.00 bits per heavy atom. The summed E-state index contributed by atoms with van der Waals surface area (Å²) in [5.74, 6) is -1.11. The van der Waals surface area contributed by atoms with E-state index in [1.54, 1.807) is 48.5 Å². The molecule has 0 bridgehead atoms. The van der Waals surface area contributed by atoms with Crippen LogP contribution in [-0.4, -0.2) is 21.2 Å². The first kappa shape index (κ1) is 21.7. The number of halogens is 1. The first-order chi connectivity index (χ1) is 15.5. The first-order valence-electron chi connectivity index (χ1n) is 9.95. The van der Waals surface area contributed by atoms with Gasteiger partial charge >= 0.3 is 0 Å². The third-order valence-electron chi connectivity index (χ3n) is 4.61. The van der Waals surface area contributed by atoms with Crippen molar-refractivity contribution in [1.29, 1.82) is 0 Å². The Morgan fingerprint density at radius 2 is 1.72 bits per heavy atom. The molecule has 2 amide bonds. The van der Waals surface area contributed by atoms with Crippen LogP contribution in [0.5, 0.6) is 0 Å². The molecule has 4 aromatic rings. The van der Waals surface area contributed by atoms with Gasteiger partial charge in [-0.05, 0) is 36.8 Å². The molecule has 2 aromatic heterocycles. The van der Waals surface area contributed by atoms with E-state index in [0.29, 0.717) is 28.5 Å². The zero-order chi connectivity index (χ0) is 22.7. The smallest absolute Gasteiger partial charge is 0.274 e. The van der Waals surface area contributed by atoms with E-state index in [1.807, 2.05) is 13.0 Å². The van der Waals surface area contributed by atoms with Crippen LogP contribution in [0.3, 0.4) is 0 Å². The van der Waals surface area contributed by atoms with Crippen LogP contribution in [0.2, 0.25) is 5.02 Å². The summed E-state index contributed by atoms with van der Waals surface area (Å²) in [6.45, 7) is 1.99. The molecule has 32 heavy (non-hydrogen) atoms. The lowest BCUT2D eigenvalue weighted by molar-refractivity contribution is 0.0989. The van der Waals surface area contributed by atoms with Crippen molar-refractivity contribution in [2.45, 2.75) is 19.8 Å². The van der Waals surface area contributed by atoms with Gasteiger partial charge in [0.25, 0.3) is 17.4 Å². The molecule has 0 unspecified atom stereocenters. The average Bonchev–Trinajstić information content (AvgIpc) is 3.15. The second kappa shape index (κ2) is 9.33. The fourth-order valence-corrected chi connectivity index (χ4v) is 4.46. The fourth-order valence-electron chi connectivity index (χ4n) is 3.23. The SMILES string of the molecule is CCCc1cc(=O)n2c(C(=O)Nc3cccc(Cl)c3)c(C(=O)Nc3ccccc3)sc2n1. The van der Waals surface area contributed by atoms with Crippen molar-refractivity contribution in [3.05, 3.63) is 92.3 Å². The second-order valence-electron chi connectivity index (χ2n) is 7.02. The number of thiazole rings is 1. The Balaban J connectivity index is 1.81. The normalized spacial score (nSPS) is 10.8. The molecule has 0 aliphatic carbocycles. The molecule has 2 aromatic carbocycles. The van der Waals surface area contributed by atoms with E-state index in [2.05, 4.69) is 15.6 Å². The number of fused-ring (bicyclic) bond motifs is 1. The highest BCUT2D eigenvalue weighted by atomic mass is 35.5. The zero-order valence-corrected chi connectivity index (χ0v) is 18.7. The minimum atomic E-state index is -0.608. The molecule has 0 atom stereocenters. The van der Waals surface area contributed by atoms with E-state index in [4.69, 9.17) is 11.6 Å². The lowest BCUT2D eigenvalue weighted by Crippen LogP contribution is -2.25. The molecule has 0 aliphatic heterocycles. The molecule has 4 rings (SSSR count). The van der Waals surface area contributed by atoms with Crippen LogP contribution in [0, 0.1) is 0 Å². The number of anilines is 2. The van der Waals surface area contributed by atoms with Crippen molar-refractivity contribution in [3.8, 4) is 0 Å². The van der Waals surface area contributed by atoms with Gasteiger partial charge < -0.3 is 10.6 Å². The van der Waals surface area contributed by atoms with Gasteiger partial charge in [0.05, 0.1) is 0 Å². The predicted molar refractivity (Wildman–Crippen MR) is 127 cm³/mol. The van der Waals surface area contributed by atoms with Crippen molar-refractivity contribution < 1.29 is 9.59 Å². The lowest BCUT2D eigenvalue weighted by Gasteiger charge is -2.08. The zero-order valence-electron chi connectivity index (χ0n) is 17.1. The number of para-hydroxylation sites is 1. The summed E-state index contributed by atoms with van der Waals surface area (Å²) in [5.41, 5.74) is 1.15. The second-order valence-corrected chi connectivity index (χ2v) is 8.43. The molecule has 9 heteroatoms. The quantitative estimate of drug-likeness (QED) is 0.424. The van der Waals surface area contributed by atoms with E-state index < -0.39 is 17.4 Å². The summed E-state index contributed by atoms with van der Waals surface area (Å²) in [6.07, 6.45) is 1.44. The number of aromatic nitrogens is 2. The number of benzene rings is 2. The average molecular weight is 467 g/mol. The third kappa shape index (κ3) is 4.56. The number of nitrogens with zero attached hydrogens (tertiary/aromatic N) is 2. The van der Waals surface area contributed by atoms with Crippen LogP contribution in [-0.2, 0) is 6.42 Å². The minimum absolute atomic E-state index is 0.0704. The van der Waals surface area contributed by atoms with Crippen molar-refractivity contribution in [2.24, 2.45) is 0 Å². The van der Waals surface area contributed by atoms with E-state index >= 15 is 0 Å². The van der Waals surface area contributed by atoms with Crippen molar-refractivity contribution in [3.63, 3.8) is 0 Å². The monoisotopic (exact) mass is 466 g/mol. The molecular weight excluding hydrogens is 448 g/mol. The molecule has 0 fully saturated rings. The molecule has 0 saturated carbocycles. The summed E-state index contributed by atoms with van der Waals surface area (Å²) in [7, 11) is 0. The number of amides is 2.